The topological polar surface area (TPSA) is 83.5 Å². The first kappa shape index (κ1) is 14.3. The SMILES string of the molecule is O=C(O)CCS(=O)(=O)Nc1ccc(Cl)cc1Br. The number of rotatable bonds is 5. The van der Waals surface area contributed by atoms with Gasteiger partial charge in [0.05, 0.1) is 17.9 Å². The van der Waals surface area contributed by atoms with Crippen LogP contribution < -0.4 is 4.72 Å². The smallest absolute Gasteiger partial charge is 0.304 e. The van der Waals surface area contributed by atoms with Crippen molar-refractivity contribution in [2.24, 2.45) is 0 Å². The van der Waals surface area contributed by atoms with E-state index in [1.54, 1.807) is 0 Å². The second kappa shape index (κ2) is 5.70. The Morgan fingerprint density at radius 2 is 2.12 bits per heavy atom. The van der Waals surface area contributed by atoms with Crippen LogP contribution in [-0.4, -0.2) is 25.2 Å². The summed E-state index contributed by atoms with van der Waals surface area (Å²) >= 11 is 8.86. The van der Waals surface area contributed by atoms with Crippen molar-refractivity contribution in [3.8, 4) is 0 Å². The van der Waals surface area contributed by atoms with Gasteiger partial charge in [-0.25, -0.2) is 8.42 Å². The Hall–Kier alpha value is -0.790. The number of carboxylic acids is 1. The van der Waals surface area contributed by atoms with E-state index in [0.717, 1.165) is 0 Å². The van der Waals surface area contributed by atoms with Gasteiger partial charge in [0.1, 0.15) is 0 Å². The van der Waals surface area contributed by atoms with Crippen LogP contribution in [0.4, 0.5) is 5.69 Å². The van der Waals surface area contributed by atoms with E-state index in [-0.39, 0.29) is 0 Å². The van der Waals surface area contributed by atoms with Gasteiger partial charge < -0.3 is 5.11 Å². The zero-order chi connectivity index (χ0) is 13.1. The quantitative estimate of drug-likeness (QED) is 0.860. The minimum absolute atomic E-state index is 0.319. The fourth-order valence-corrected chi connectivity index (χ4v) is 2.98. The lowest BCUT2D eigenvalue weighted by Gasteiger charge is -2.08. The number of nitrogens with one attached hydrogen (secondary N) is 1. The summed E-state index contributed by atoms with van der Waals surface area (Å²) in [5.41, 5.74) is 0.319. The third-order valence-electron chi connectivity index (χ3n) is 1.78. The average molecular weight is 343 g/mol. The fourth-order valence-electron chi connectivity index (χ4n) is 1.01. The molecule has 1 aromatic carbocycles. The molecule has 8 heteroatoms. The maximum absolute atomic E-state index is 11.5. The average Bonchev–Trinajstić information content (AvgIpc) is 2.20. The van der Waals surface area contributed by atoms with Crippen molar-refractivity contribution in [2.75, 3.05) is 10.5 Å². The number of anilines is 1. The van der Waals surface area contributed by atoms with Gasteiger partial charge in [0.15, 0.2) is 0 Å². The fraction of sp³-hybridized carbons (Fsp3) is 0.222. The summed E-state index contributed by atoms with van der Waals surface area (Å²) in [5, 5.41) is 8.88. The molecule has 1 aromatic rings. The number of carbonyl (C=O) groups is 1. The Bertz CT molecular complexity index is 532. The Balaban J connectivity index is 2.79. The van der Waals surface area contributed by atoms with Crippen molar-refractivity contribution in [1.82, 2.24) is 0 Å². The van der Waals surface area contributed by atoms with Crippen LogP contribution in [0.2, 0.25) is 5.02 Å². The lowest BCUT2D eigenvalue weighted by atomic mass is 10.3. The molecular weight excluding hydrogens is 334 g/mol. The normalized spacial score (nSPS) is 11.2. The van der Waals surface area contributed by atoms with Gasteiger partial charge in [-0.2, -0.15) is 0 Å². The first-order chi connectivity index (χ1) is 7.80. The van der Waals surface area contributed by atoms with Gasteiger partial charge in [-0.3, -0.25) is 9.52 Å². The highest BCUT2D eigenvalue weighted by atomic mass is 79.9. The largest absolute Gasteiger partial charge is 0.481 e. The summed E-state index contributed by atoms with van der Waals surface area (Å²) in [6, 6.07) is 4.56. The molecule has 5 nitrogen and oxygen atoms in total. The number of sulfonamides is 1. The first-order valence-corrected chi connectivity index (χ1v) is 7.30. The molecule has 0 saturated carbocycles. The van der Waals surface area contributed by atoms with Crippen LogP contribution in [-0.2, 0) is 14.8 Å². The van der Waals surface area contributed by atoms with Crippen molar-refractivity contribution >= 4 is 49.2 Å². The van der Waals surface area contributed by atoms with Gasteiger partial charge >= 0.3 is 5.97 Å². The second-order valence-electron chi connectivity index (χ2n) is 3.19. The number of hydrogen-bond acceptors (Lipinski definition) is 3. The lowest BCUT2D eigenvalue weighted by molar-refractivity contribution is -0.136. The standard InChI is InChI=1S/C9H9BrClNO4S/c10-7-5-6(11)1-2-8(7)12-17(15,16)4-3-9(13)14/h1-2,5,12H,3-4H2,(H,13,14). The molecule has 0 fully saturated rings. The molecule has 0 aliphatic carbocycles. The van der Waals surface area contributed by atoms with Crippen LogP contribution in [0.5, 0.6) is 0 Å². The molecule has 0 bridgehead atoms. The van der Waals surface area contributed by atoms with Crippen molar-refractivity contribution < 1.29 is 18.3 Å². The molecule has 0 aliphatic heterocycles. The molecule has 17 heavy (non-hydrogen) atoms. The van der Waals surface area contributed by atoms with E-state index in [2.05, 4.69) is 20.7 Å². The molecule has 1 rings (SSSR count). The number of halogens is 2. The second-order valence-corrected chi connectivity index (χ2v) is 6.32. The number of benzene rings is 1. The molecular formula is C9H9BrClNO4S. The molecule has 0 spiro atoms. The van der Waals surface area contributed by atoms with Crippen LogP contribution in [0, 0.1) is 0 Å². The first-order valence-electron chi connectivity index (χ1n) is 4.47. The molecule has 0 heterocycles. The highest BCUT2D eigenvalue weighted by Crippen LogP contribution is 2.26. The third kappa shape index (κ3) is 4.93. The van der Waals surface area contributed by atoms with Gasteiger partial charge in [-0.1, -0.05) is 11.6 Å². The Morgan fingerprint density at radius 3 is 2.65 bits per heavy atom. The Morgan fingerprint density at radius 1 is 1.47 bits per heavy atom. The van der Waals surface area contributed by atoms with E-state index in [9.17, 15) is 13.2 Å². The summed E-state index contributed by atoms with van der Waals surface area (Å²) in [6.07, 6.45) is -0.444. The highest BCUT2D eigenvalue weighted by molar-refractivity contribution is 9.10. The van der Waals surface area contributed by atoms with E-state index in [4.69, 9.17) is 16.7 Å². The molecule has 0 aliphatic rings. The van der Waals surface area contributed by atoms with E-state index in [1.807, 2.05) is 0 Å². The third-order valence-corrected chi connectivity index (χ3v) is 3.94. The number of carboxylic acid groups (broad SMARTS) is 1. The molecule has 94 valence electrons. The predicted octanol–water partition coefficient (Wildman–Crippen LogP) is 2.32. The van der Waals surface area contributed by atoms with E-state index < -0.39 is 28.2 Å². The van der Waals surface area contributed by atoms with Crippen molar-refractivity contribution in [3.05, 3.63) is 27.7 Å². The van der Waals surface area contributed by atoms with Crippen molar-refractivity contribution in [3.63, 3.8) is 0 Å². The Labute approximate surface area is 112 Å². The Kier molecular flexibility index (Phi) is 4.79. The maximum Gasteiger partial charge on any atom is 0.304 e. The molecule has 0 aromatic heterocycles. The molecule has 0 amide bonds. The zero-order valence-corrected chi connectivity index (χ0v) is 11.6. The maximum atomic E-state index is 11.5. The van der Waals surface area contributed by atoms with Gasteiger partial charge in [-0.05, 0) is 34.1 Å². The highest BCUT2D eigenvalue weighted by Gasteiger charge is 2.14. The molecule has 2 N–H and O–H groups in total. The van der Waals surface area contributed by atoms with E-state index in [0.29, 0.717) is 15.2 Å². The molecule has 0 atom stereocenters. The summed E-state index contributed by atoms with van der Waals surface area (Å²) in [4.78, 5) is 10.3. The van der Waals surface area contributed by atoms with Crippen LogP contribution in [0.15, 0.2) is 22.7 Å². The summed E-state index contributed by atoms with van der Waals surface area (Å²) in [6.45, 7) is 0. The predicted molar refractivity (Wildman–Crippen MR) is 68.8 cm³/mol. The monoisotopic (exact) mass is 341 g/mol. The molecule has 0 radical (unpaired) electrons. The molecule has 0 saturated heterocycles. The van der Waals surface area contributed by atoms with Crippen LogP contribution in [0.25, 0.3) is 0 Å². The van der Waals surface area contributed by atoms with Crippen LogP contribution in [0.1, 0.15) is 6.42 Å². The van der Waals surface area contributed by atoms with Crippen molar-refractivity contribution in [1.29, 1.82) is 0 Å². The minimum Gasteiger partial charge on any atom is -0.481 e. The van der Waals surface area contributed by atoms with Crippen LogP contribution >= 0.6 is 27.5 Å². The summed E-state index contributed by atoms with van der Waals surface area (Å²) in [7, 11) is -3.67. The minimum atomic E-state index is -3.67. The number of aliphatic carboxylic acids is 1. The van der Waals surface area contributed by atoms with Crippen molar-refractivity contribution in [2.45, 2.75) is 6.42 Å². The lowest BCUT2D eigenvalue weighted by Crippen LogP contribution is -2.19. The van der Waals surface area contributed by atoms with Crippen LogP contribution in [0.3, 0.4) is 0 Å². The van der Waals surface area contributed by atoms with Gasteiger partial charge in [0, 0.05) is 9.50 Å². The number of hydrogen-bond donors (Lipinski definition) is 2. The van der Waals surface area contributed by atoms with E-state index >= 15 is 0 Å². The summed E-state index contributed by atoms with van der Waals surface area (Å²) in [5.74, 6) is -1.64. The molecule has 0 unspecified atom stereocenters. The van der Waals surface area contributed by atoms with Gasteiger partial charge in [0.2, 0.25) is 10.0 Å². The van der Waals surface area contributed by atoms with E-state index in [1.165, 1.54) is 18.2 Å². The zero-order valence-electron chi connectivity index (χ0n) is 8.48. The van der Waals surface area contributed by atoms with Gasteiger partial charge in [-0.15, -0.1) is 0 Å². The summed E-state index contributed by atoms with van der Waals surface area (Å²) < 4.78 is 25.8. The van der Waals surface area contributed by atoms with Gasteiger partial charge in [0.25, 0.3) is 0 Å².